The van der Waals surface area contributed by atoms with E-state index in [1.165, 1.54) is 0 Å². The van der Waals surface area contributed by atoms with Gasteiger partial charge in [0.15, 0.2) is 8.32 Å². The van der Waals surface area contributed by atoms with Crippen molar-refractivity contribution in [3.63, 3.8) is 0 Å². The Bertz CT molecular complexity index is 1060. The lowest BCUT2D eigenvalue weighted by molar-refractivity contribution is -0.0467. The number of benzene rings is 2. The third-order valence-electron chi connectivity index (χ3n) is 7.38. The van der Waals surface area contributed by atoms with E-state index in [-0.39, 0.29) is 35.0 Å². The second kappa shape index (κ2) is 12.0. The van der Waals surface area contributed by atoms with E-state index in [1.807, 2.05) is 30.3 Å². The van der Waals surface area contributed by atoms with Crippen molar-refractivity contribution in [1.82, 2.24) is 5.32 Å². The maximum absolute atomic E-state index is 12.8. The van der Waals surface area contributed by atoms with Gasteiger partial charge in [-0.15, -0.1) is 0 Å². The van der Waals surface area contributed by atoms with Gasteiger partial charge < -0.3 is 29.1 Å². The van der Waals surface area contributed by atoms with Crippen LogP contribution in [0.4, 0.5) is 4.79 Å². The summed E-state index contributed by atoms with van der Waals surface area (Å²) in [6.45, 7) is 17.7. The Morgan fingerprint density at radius 1 is 1.11 bits per heavy atom. The number of nitrogens with one attached hydrogen (secondary N) is 1. The number of ether oxygens (including phenoxy) is 3. The van der Waals surface area contributed by atoms with Gasteiger partial charge >= 0.3 is 6.09 Å². The number of carbonyl (C=O) groups excluding carboxylic acids is 1. The van der Waals surface area contributed by atoms with E-state index in [0.29, 0.717) is 6.54 Å². The van der Waals surface area contributed by atoms with E-state index in [2.05, 4.69) is 60.0 Å². The van der Waals surface area contributed by atoms with E-state index >= 15 is 0 Å². The lowest BCUT2D eigenvalue weighted by Crippen LogP contribution is -2.54. The highest BCUT2D eigenvalue weighted by atomic mass is 28.4. The van der Waals surface area contributed by atoms with Gasteiger partial charge in [-0.05, 0) is 66.9 Å². The van der Waals surface area contributed by atoms with Crippen LogP contribution in [0.5, 0.6) is 17.2 Å². The number of hydrogen-bond acceptors (Lipinski definition) is 6. The van der Waals surface area contributed by atoms with Gasteiger partial charge in [0.05, 0.1) is 6.54 Å². The van der Waals surface area contributed by atoms with Crippen LogP contribution >= 0.6 is 0 Å². The number of hydrogen-bond donors (Lipinski definition) is 2. The van der Waals surface area contributed by atoms with Crippen molar-refractivity contribution in [2.75, 3.05) is 13.2 Å². The van der Waals surface area contributed by atoms with Crippen LogP contribution in [0.25, 0.3) is 0 Å². The highest BCUT2D eigenvalue weighted by Crippen LogP contribution is 2.39. The molecule has 0 fully saturated rings. The van der Waals surface area contributed by atoms with Gasteiger partial charge in [-0.3, -0.25) is 0 Å². The zero-order valence-corrected chi connectivity index (χ0v) is 25.2. The molecule has 0 radical (unpaired) electrons. The van der Waals surface area contributed by atoms with Crippen LogP contribution < -0.4 is 14.8 Å². The lowest BCUT2D eigenvalue weighted by Gasteiger charge is -2.44. The zero-order valence-electron chi connectivity index (χ0n) is 24.2. The second-order valence-corrected chi connectivity index (χ2v) is 17.4. The fraction of sp³-hybridized carbons (Fsp3) is 0.567. The number of alkyl carbamates (subject to hydrolysis) is 1. The van der Waals surface area contributed by atoms with Crippen molar-refractivity contribution in [2.24, 2.45) is 5.41 Å². The number of carbonyl (C=O) groups is 1. The van der Waals surface area contributed by atoms with E-state index in [4.69, 9.17) is 18.6 Å². The van der Waals surface area contributed by atoms with E-state index in [1.54, 1.807) is 18.2 Å². The van der Waals surface area contributed by atoms with Gasteiger partial charge in [0.1, 0.15) is 42.2 Å². The van der Waals surface area contributed by atoms with Crippen LogP contribution in [-0.2, 0) is 15.6 Å². The number of rotatable bonds is 9. The Labute approximate surface area is 229 Å². The summed E-state index contributed by atoms with van der Waals surface area (Å²) in [5, 5.41) is 12.5. The topological polar surface area (TPSA) is 86.3 Å². The zero-order chi connectivity index (χ0) is 28.1. The van der Waals surface area contributed by atoms with Crippen LogP contribution in [0.3, 0.4) is 0 Å². The number of phenolic OH excluding ortho intramolecular Hbond substituents is 1. The first-order valence-electron chi connectivity index (χ1n) is 13.4. The van der Waals surface area contributed by atoms with Crippen molar-refractivity contribution in [3.8, 4) is 17.2 Å². The van der Waals surface area contributed by atoms with Gasteiger partial charge in [0.25, 0.3) is 0 Å². The van der Waals surface area contributed by atoms with Crippen molar-refractivity contribution < 1.29 is 28.5 Å². The molecule has 8 heteroatoms. The van der Waals surface area contributed by atoms with Crippen LogP contribution in [0.1, 0.15) is 53.5 Å². The molecular weight excluding hydrogens is 498 g/mol. The number of aryl methyl sites for hydroxylation is 1. The van der Waals surface area contributed by atoms with Crippen molar-refractivity contribution >= 4 is 14.4 Å². The summed E-state index contributed by atoms with van der Waals surface area (Å²) in [6, 6.07) is 14.8. The molecule has 210 valence electrons. The summed E-state index contributed by atoms with van der Waals surface area (Å²) in [5.74, 6) is 1.72. The summed E-state index contributed by atoms with van der Waals surface area (Å²) in [4.78, 5) is 12.8. The molecule has 0 aliphatic carbocycles. The Morgan fingerprint density at radius 2 is 1.79 bits per heavy atom. The summed E-state index contributed by atoms with van der Waals surface area (Å²) in [6.07, 6.45) is 0.0420. The Kier molecular flexibility index (Phi) is 9.42. The fourth-order valence-corrected chi connectivity index (χ4v) is 5.48. The number of fused-ring (bicyclic) bond motifs is 1. The number of aromatic hydroxyl groups is 1. The first-order chi connectivity index (χ1) is 17.7. The smallest absolute Gasteiger partial charge is 0.407 e. The number of para-hydroxylation sites is 1. The van der Waals surface area contributed by atoms with Gasteiger partial charge in [0.2, 0.25) is 0 Å². The van der Waals surface area contributed by atoms with Crippen LogP contribution in [0, 0.1) is 5.41 Å². The Balaban J connectivity index is 1.67. The first kappa shape index (κ1) is 29.8. The Hall–Kier alpha value is -2.71. The predicted molar refractivity (Wildman–Crippen MR) is 153 cm³/mol. The molecule has 1 amide bonds. The van der Waals surface area contributed by atoms with Gasteiger partial charge in [0, 0.05) is 5.41 Å². The molecular formula is C30H45NO6Si. The molecule has 3 rings (SSSR count). The highest BCUT2D eigenvalue weighted by molar-refractivity contribution is 6.74. The molecule has 1 heterocycles. The molecule has 38 heavy (non-hydrogen) atoms. The minimum absolute atomic E-state index is 0.0197. The largest absolute Gasteiger partial charge is 0.508 e. The van der Waals surface area contributed by atoms with Crippen LogP contribution in [-0.4, -0.2) is 51.0 Å². The van der Waals surface area contributed by atoms with Crippen molar-refractivity contribution in [1.29, 1.82) is 0 Å². The molecule has 2 aromatic carbocycles. The minimum atomic E-state index is -2.21. The van der Waals surface area contributed by atoms with E-state index in [9.17, 15) is 9.90 Å². The average Bonchev–Trinajstić information content (AvgIpc) is 2.83. The SMILES string of the molecule is CC(C)(C)C(Oc1ccccc1)[C@H](COC(=O)NC[C@H]1CCc2cc(O)ccc2O1)O[Si](C)(C)C(C)(C)C. The molecule has 2 N–H and O–H groups in total. The monoisotopic (exact) mass is 543 g/mol. The number of amides is 1. The van der Waals surface area contributed by atoms with Gasteiger partial charge in [-0.2, -0.15) is 0 Å². The van der Waals surface area contributed by atoms with E-state index in [0.717, 1.165) is 29.9 Å². The molecule has 0 aromatic heterocycles. The maximum atomic E-state index is 12.8. The third kappa shape index (κ3) is 8.14. The van der Waals surface area contributed by atoms with Gasteiger partial charge in [-0.25, -0.2) is 4.79 Å². The molecule has 1 aliphatic rings. The third-order valence-corrected chi connectivity index (χ3v) is 11.9. The van der Waals surface area contributed by atoms with Crippen LogP contribution in [0.2, 0.25) is 18.1 Å². The molecule has 3 atom stereocenters. The minimum Gasteiger partial charge on any atom is -0.508 e. The summed E-state index contributed by atoms with van der Waals surface area (Å²) in [7, 11) is -2.21. The van der Waals surface area contributed by atoms with E-state index < -0.39 is 20.5 Å². The second-order valence-electron chi connectivity index (χ2n) is 12.7. The quantitative estimate of drug-likeness (QED) is 0.343. The summed E-state index contributed by atoms with van der Waals surface area (Å²) >= 11 is 0. The average molecular weight is 544 g/mol. The lowest BCUT2D eigenvalue weighted by atomic mass is 9.85. The van der Waals surface area contributed by atoms with Crippen LogP contribution in [0.15, 0.2) is 48.5 Å². The first-order valence-corrected chi connectivity index (χ1v) is 16.4. The van der Waals surface area contributed by atoms with Crippen molar-refractivity contribution in [2.45, 2.75) is 90.8 Å². The van der Waals surface area contributed by atoms with Gasteiger partial charge in [-0.1, -0.05) is 59.7 Å². The predicted octanol–water partition coefficient (Wildman–Crippen LogP) is 6.70. The molecule has 1 unspecified atom stereocenters. The standard InChI is InChI=1S/C30H45NO6Si/c1-29(2,3)27(36-23-12-10-9-11-13-23)26(37-38(7,8)30(4,5)6)20-34-28(33)31-19-24-16-14-21-18-22(32)15-17-25(21)35-24/h9-13,15,17-18,24,26-27,32H,14,16,19-20H2,1-8H3,(H,31,33)/t24-,26+,27?/m1/s1. The fourth-order valence-electron chi connectivity index (χ4n) is 4.18. The highest BCUT2D eigenvalue weighted by Gasteiger charge is 2.44. The molecule has 0 spiro atoms. The molecule has 2 aromatic rings. The molecule has 0 bridgehead atoms. The Morgan fingerprint density at radius 3 is 2.42 bits per heavy atom. The molecule has 1 aliphatic heterocycles. The normalized spacial score (nSPS) is 17.5. The maximum Gasteiger partial charge on any atom is 0.407 e. The van der Waals surface area contributed by atoms with Crippen molar-refractivity contribution in [3.05, 3.63) is 54.1 Å². The molecule has 0 saturated heterocycles. The molecule has 7 nitrogen and oxygen atoms in total. The molecule has 0 saturated carbocycles. The summed E-state index contributed by atoms with van der Waals surface area (Å²) in [5.41, 5.74) is 0.696. The number of phenols is 1. The summed E-state index contributed by atoms with van der Waals surface area (Å²) < 4.78 is 25.0.